The summed E-state index contributed by atoms with van der Waals surface area (Å²) in [5.74, 6) is 1.91. The molecule has 2 heterocycles. The molecular formula is C14H23N3. The third-order valence-corrected chi connectivity index (χ3v) is 3.58. The van der Waals surface area contributed by atoms with E-state index in [1.165, 1.54) is 12.0 Å². The first-order chi connectivity index (χ1) is 8.19. The van der Waals surface area contributed by atoms with Crippen LogP contribution in [0.15, 0.2) is 18.3 Å². The lowest BCUT2D eigenvalue weighted by Gasteiger charge is -2.17. The highest BCUT2D eigenvalue weighted by atomic mass is 15.2. The highest BCUT2D eigenvalue weighted by Gasteiger charge is 2.19. The van der Waals surface area contributed by atoms with Crippen LogP contribution in [-0.4, -0.2) is 24.1 Å². The topological polar surface area (TPSA) is 42.1 Å². The van der Waals surface area contributed by atoms with E-state index in [1.807, 2.05) is 6.20 Å². The fourth-order valence-electron chi connectivity index (χ4n) is 2.31. The number of hydrogen-bond acceptors (Lipinski definition) is 3. The Labute approximate surface area is 104 Å². The molecule has 1 fully saturated rings. The van der Waals surface area contributed by atoms with E-state index in [0.29, 0.717) is 0 Å². The van der Waals surface area contributed by atoms with Gasteiger partial charge in [0.05, 0.1) is 0 Å². The zero-order chi connectivity index (χ0) is 12.3. The van der Waals surface area contributed by atoms with Gasteiger partial charge in [-0.2, -0.15) is 0 Å². The zero-order valence-electron chi connectivity index (χ0n) is 10.9. The van der Waals surface area contributed by atoms with Gasteiger partial charge in [0.1, 0.15) is 5.82 Å². The van der Waals surface area contributed by atoms with Crippen molar-refractivity contribution in [1.82, 2.24) is 4.98 Å². The van der Waals surface area contributed by atoms with E-state index in [-0.39, 0.29) is 6.04 Å². The zero-order valence-corrected chi connectivity index (χ0v) is 10.9. The van der Waals surface area contributed by atoms with E-state index in [2.05, 4.69) is 35.9 Å². The Bertz CT molecular complexity index is 347. The number of nitrogens with two attached hydrogens (primary N) is 1. The van der Waals surface area contributed by atoms with Crippen molar-refractivity contribution >= 4 is 5.82 Å². The number of hydrogen-bond donors (Lipinski definition) is 1. The smallest absolute Gasteiger partial charge is 0.128 e. The summed E-state index contributed by atoms with van der Waals surface area (Å²) in [7, 11) is 0. The Morgan fingerprint density at radius 2 is 2.35 bits per heavy atom. The van der Waals surface area contributed by atoms with Crippen LogP contribution in [0.2, 0.25) is 0 Å². The summed E-state index contributed by atoms with van der Waals surface area (Å²) in [5.41, 5.74) is 7.19. The average molecular weight is 233 g/mol. The maximum absolute atomic E-state index is 5.95. The molecule has 0 radical (unpaired) electrons. The van der Waals surface area contributed by atoms with Gasteiger partial charge in [-0.15, -0.1) is 0 Å². The van der Waals surface area contributed by atoms with Crippen molar-refractivity contribution in [2.45, 2.75) is 39.2 Å². The summed E-state index contributed by atoms with van der Waals surface area (Å²) < 4.78 is 0. The van der Waals surface area contributed by atoms with Crippen LogP contribution >= 0.6 is 0 Å². The minimum Gasteiger partial charge on any atom is -0.356 e. The Morgan fingerprint density at radius 1 is 1.53 bits per heavy atom. The van der Waals surface area contributed by atoms with Crippen molar-refractivity contribution in [3.8, 4) is 0 Å². The molecule has 2 rings (SSSR count). The SMILES string of the molecule is CCC(N)Cc1ccc(N2CCC(C)C2)nc1. The fraction of sp³-hybridized carbons (Fsp3) is 0.643. The van der Waals surface area contributed by atoms with Gasteiger partial charge < -0.3 is 10.6 Å². The molecule has 1 saturated heterocycles. The molecule has 1 aromatic heterocycles. The molecule has 0 bridgehead atoms. The highest BCUT2D eigenvalue weighted by Crippen LogP contribution is 2.21. The van der Waals surface area contributed by atoms with E-state index < -0.39 is 0 Å². The maximum Gasteiger partial charge on any atom is 0.128 e. The molecule has 2 unspecified atom stereocenters. The van der Waals surface area contributed by atoms with Crippen LogP contribution < -0.4 is 10.6 Å². The molecule has 1 aliphatic rings. The van der Waals surface area contributed by atoms with E-state index in [9.17, 15) is 0 Å². The first kappa shape index (κ1) is 12.4. The van der Waals surface area contributed by atoms with E-state index in [1.54, 1.807) is 0 Å². The number of nitrogens with zero attached hydrogens (tertiary/aromatic N) is 2. The lowest BCUT2D eigenvalue weighted by atomic mass is 10.1. The van der Waals surface area contributed by atoms with Crippen LogP contribution in [0.1, 0.15) is 32.3 Å². The third-order valence-electron chi connectivity index (χ3n) is 3.58. The van der Waals surface area contributed by atoms with E-state index in [4.69, 9.17) is 5.73 Å². The number of anilines is 1. The Hall–Kier alpha value is -1.09. The second-order valence-electron chi connectivity index (χ2n) is 5.24. The van der Waals surface area contributed by atoms with Crippen LogP contribution in [0.25, 0.3) is 0 Å². The van der Waals surface area contributed by atoms with Gasteiger partial charge in [-0.3, -0.25) is 0 Å². The van der Waals surface area contributed by atoms with E-state index in [0.717, 1.165) is 37.7 Å². The van der Waals surface area contributed by atoms with Crippen LogP contribution in [0, 0.1) is 5.92 Å². The quantitative estimate of drug-likeness (QED) is 0.867. The van der Waals surface area contributed by atoms with Gasteiger partial charge in [0.2, 0.25) is 0 Å². The van der Waals surface area contributed by atoms with Crippen LogP contribution in [0.4, 0.5) is 5.82 Å². The standard InChI is InChI=1S/C14H23N3/c1-3-13(15)8-12-4-5-14(16-9-12)17-7-6-11(2)10-17/h4-5,9,11,13H,3,6-8,10,15H2,1-2H3. The van der Waals surface area contributed by atoms with Crippen LogP contribution in [0.3, 0.4) is 0 Å². The van der Waals surface area contributed by atoms with Crippen LogP contribution in [-0.2, 0) is 6.42 Å². The molecule has 0 aromatic carbocycles. The molecule has 1 aromatic rings. The van der Waals surface area contributed by atoms with Crippen LogP contribution in [0.5, 0.6) is 0 Å². The van der Waals surface area contributed by atoms with Crippen molar-refractivity contribution in [3.63, 3.8) is 0 Å². The number of rotatable bonds is 4. The molecule has 0 aliphatic carbocycles. The van der Waals surface area contributed by atoms with Gasteiger partial charge in [0, 0.05) is 25.3 Å². The predicted octanol–water partition coefficient (Wildman–Crippen LogP) is 2.21. The molecule has 2 N–H and O–H groups in total. The lowest BCUT2D eigenvalue weighted by Crippen LogP contribution is -2.22. The molecule has 0 saturated carbocycles. The summed E-state index contributed by atoms with van der Waals surface area (Å²) in [4.78, 5) is 6.92. The van der Waals surface area contributed by atoms with Gasteiger partial charge in [-0.05, 0) is 36.8 Å². The molecule has 17 heavy (non-hydrogen) atoms. The monoisotopic (exact) mass is 233 g/mol. The van der Waals surface area contributed by atoms with Crippen molar-refractivity contribution in [1.29, 1.82) is 0 Å². The molecule has 0 amide bonds. The summed E-state index contributed by atoms with van der Waals surface area (Å²) in [6, 6.07) is 4.56. The van der Waals surface area contributed by atoms with Crippen molar-refractivity contribution in [2.24, 2.45) is 11.7 Å². The second-order valence-corrected chi connectivity index (χ2v) is 5.24. The average Bonchev–Trinajstić information content (AvgIpc) is 2.77. The van der Waals surface area contributed by atoms with E-state index >= 15 is 0 Å². The van der Waals surface area contributed by atoms with Gasteiger partial charge in [-0.1, -0.05) is 19.9 Å². The predicted molar refractivity (Wildman–Crippen MR) is 72.2 cm³/mol. The van der Waals surface area contributed by atoms with Gasteiger partial charge in [0.25, 0.3) is 0 Å². The first-order valence-electron chi connectivity index (χ1n) is 6.64. The molecular weight excluding hydrogens is 210 g/mol. The Kier molecular flexibility index (Phi) is 4.00. The summed E-state index contributed by atoms with van der Waals surface area (Å²) in [6.45, 7) is 6.70. The Morgan fingerprint density at radius 3 is 2.88 bits per heavy atom. The molecule has 94 valence electrons. The van der Waals surface area contributed by atoms with Crippen molar-refractivity contribution < 1.29 is 0 Å². The summed E-state index contributed by atoms with van der Waals surface area (Å²) in [5, 5.41) is 0. The summed E-state index contributed by atoms with van der Waals surface area (Å²) in [6.07, 6.45) is 5.21. The third kappa shape index (κ3) is 3.19. The molecule has 1 aliphatic heterocycles. The summed E-state index contributed by atoms with van der Waals surface area (Å²) >= 11 is 0. The lowest BCUT2D eigenvalue weighted by molar-refractivity contribution is 0.645. The van der Waals surface area contributed by atoms with Gasteiger partial charge >= 0.3 is 0 Å². The van der Waals surface area contributed by atoms with Gasteiger partial charge in [-0.25, -0.2) is 4.98 Å². The normalized spacial score (nSPS) is 21.8. The second kappa shape index (κ2) is 5.50. The first-order valence-corrected chi connectivity index (χ1v) is 6.64. The minimum atomic E-state index is 0.259. The number of aromatic nitrogens is 1. The maximum atomic E-state index is 5.95. The molecule has 3 heteroatoms. The highest BCUT2D eigenvalue weighted by molar-refractivity contribution is 5.40. The molecule has 3 nitrogen and oxygen atoms in total. The fourth-order valence-corrected chi connectivity index (χ4v) is 2.31. The van der Waals surface area contributed by atoms with Crippen molar-refractivity contribution in [3.05, 3.63) is 23.9 Å². The van der Waals surface area contributed by atoms with Crippen molar-refractivity contribution in [2.75, 3.05) is 18.0 Å². The molecule has 2 atom stereocenters. The van der Waals surface area contributed by atoms with Gasteiger partial charge in [0.15, 0.2) is 0 Å². The Balaban J connectivity index is 1.98. The largest absolute Gasteiger partial charge is 0.356 e. The number of pyridine rings is 1. The minimum absolute atomic E-state index is 0.259. The molecule has 0 spiro atoms.